The van der Waals surface area contributed by atoms with Crippen LogP contribution >= 0.6 is 39.1 Å². The van der Waals surface area contributed by atoms with Crippen molar-refractivity contribution in [2.45, 2.75) is 19.4 Å². The number of carbonyl (C=O) groups is 1. The summed E-state index contributed by atoms with van der Waals surface area (Å²) in [5, 5.41) is 3.87. The Morgan fingerprint density at radius 1 is 1.29 bits per heavy atom. The largest absolute Gasteiger partial charge is 0.348 e. The van der Waals surface area contributed by atoms with Crippen molar-refractivity contribution in [2.75, 3.05) is 0 Å². The van der Waals surface area contributed by atoms with E-state index in [0.717, 1.165) is 10.2 Å². The Morgan fingerprint density at radius 2 is 1.95 bits per heavy atom. The maximum Gasteiger partial charge on any atom is 0.225 e. The number of carbonyl (C=O) groups excluding carboxylic acids is 1. The predicted molar refractivity (Wildman–Crippen MR) is 88.7 cm³/mol. The monoisotopic (exact) mass is 386 g/mol. The molecule has 1 atom stereocenters. The third kappa shape index (κ3) is 4.43. The number of halogens is 3. The third-order valence-electron chi connectivity index (χ3n) is 2.97. The van der Waals surface area contributed by atoms with Gasteiger partial charge in [-0.25, -0.2) is 0 Å². The molecule has 0 saturated carbocycles. The lowest BCUT2D eigenvalue weighted by Crippen LogP contribution is -2.28. The van der Waals surface area contributed by atoms with E-state index in [4.69, 9.17) is 23.2 Å². The van der Waals surface area contributed by atoms with Crippen LogP contribution in [0.15, 0.2) is 41.0 Å². The summed E-state index contributed by atoms with van der Waals surface area (Å²) in [5.74, 6) is -0.151. The molecule has 110 valence electrons. The van der Waals surface area contributed by atoms with Crippen LogP contribution in [-0.4, -0.2) is 10.9 Å². The first-order valence-electron chi connectivity index (χ1n) is 6.31. The predicted octanol–water partition coefficient (Wildman–Crippen LogP) is 4.57. The van der Waals surface area contributed by atoms with E-state index in [1.54, 1.807) is 24.4 Å². The van der Waals surface area contributed by atoms with Crippen LogP contribution in [0.3, 0.4) is 0 Å². The van der Waals surface area contributed by atoms with Gasteiger partial charge in [-0.15, -0.1) is 0 Å². The van der Waals surface area contributed by atoms with Gasteiger partial charge < -0.3 is 5.32 Å². The van der Waals surface area contributed by atoms with Gasteiger partial charge in [0, 0.05) is 20.7 Å². The molecule has 2 aromatic rings. The van der Waals surface area contributed by atoms with Gasteiger partial charge in [-0.3, -0.25) is 9.78 Å². The molecule has 0 saturated heterocycles. The summed E-state index contributed by atoms with van der Waals surface area (Å²) in [6.45, 7) is 1.88. The van der Waals surface area contributed by atoms with E-state index in [2.05, 4.69) is 26.2 Å². The highest BCUT2D eigenvalue weighted by atomic mass is 79.9. The van der Waals surface area contributed by atoms with E-state index >= 15 is 0 Å². The maximum atomic E-state index is 12.1. The van der Waals surface area contributed by atoms with Crippen LogP contribution in [0.5, 0.6) is 0 Å². The molecule has 0 aliphatic carbocycles. The van der Waals surface area contributed by atoms with Gasteiger partial charge in [0.25, 0.3) is 0 Å². The van der Waals surface area contributed by atoms with Crippen LogP contribution in [0.1, 0.15) is 24.2 Å². The molecule has 1 unspecified atom stereocenters. The minimum Gasteiger partial charge on any atom is -0.348 e. The van der Waals surface area contributed by atoms with E-state index in [-0.39, 0.29) is 18.4 Å². The molecule has 2 rings (SSSR count). The number of rotatable bonds is 4. The average molecular weight is 388 g/mol. The Bertz CT molecular complexity index is 626. The van der Waals surface area contributed by atoms with Crippen LogP contribution in [0.2, 0.25) is 10.0 Å². The number of pyridine rings is 1. The number of hydrogen-bond acceptors (Lipinski definition) is 2. The standard InChI is InChI=1S/C15H13BrCl2N2O/c1-9(14-6-5-10(16)8-19-14)20-15(21)7-11-12(17)3-2-4-13(11)18/h2-6,8-9H,7H2,1H3,(H,20,21). The zero-order valence-corrected chi connectivity index (χ0v) is 14.3. The average Bonchev–Trinajstić information content (AvgIpc) is 2.43. The molecular weight excluding hydrogens is 375 g/mol. The van der Waals surface area contributed by atoms with Crippen molar-refractivity contribution < 1.29 is 4.79 Å². The first-order chi connectivity index (χ1) is 9.97. The fourth-order valence-electron chi connectivity index (χ4n) is 1.87. The molecule has 0 radical (unpaired) electrons. The van der Waals surface area contributed by atoms with Gasteiger partial charge in [0.1, 0.15) is 0 Å². The first kappa shape index (κ1) is 16.3. The molecule has 1 aromatic carbocycles. The topological polar surface area (TPSA) is 42.0 Å². The van der Waals surface area contributed by atoms with Crippen LogP contribution in [-0.2, 0) is 11.2 Å². The van der Waals surface area contributed by atoms with Gasteiger partial charge >= 0.3 is 0 Å². The minimum atomic E-state index is -0.188. The SMILES string of the molecule is CC(NC(=O)Cc1c(Cl)cccc1Cl)c1ccc(Br)cn1. The quantitative estimate of drug-likeness (QED) is 0.834. The lowest BCUT2D eigenvalue weighted by Gasteiger charge is -2.14. The maximum absolute atomic E-state index is 12.1. The van der Waals surface area contributed by atoms with Gasteiger partial charge in [0.2, 0.25) is 5.91 Å². The number of amides is 1. The highest BCUT2D eigenvalue weighted by molar-refractivity contribution is 9.10. The molecule has 1 N–H and O–H groups in total. The van der Waals surface area contributed by atoms with Crippen LogP contribution in [0.25, 0.3) is 0 Å². The first-order valence-corrected chi connectivity index (χ1v) is 7.86. The van der Waals surface area contributed by atoms with E-state index in [1.807, 2.05) is 19.1 Å². The molecule has 21 heavy (non-hydrogen) atoms. The summed E-state index contributed by atoms with van der Waals surface area (Å²) in [6.07, 6.45) is 1.84. The Morgan fingerprint density at radius 3 is 2.52 bits per heavy atom. The molecule has 0 aliphatic rings. The van der Waals surface area contributed by atoms with Crippen molar-refractivity contribution in [3.63, 3.8) is 0 Å². The normalized spacial score (nSPS) is 12.0. The second-order valence-electron chi connectivity index (χ2n) is 4.57. The van der Waals surface area contributed by atoms with E-state index < -0.39 is 0 Å². The lowest BCUT2D eigenvalue weighted by molar-refractivity contribution is -0.121. The Kier molecular flexibility index (Phi) is 5.62. The number of hydrogen-bond donors (Lipinski definition) is 1. The van der Waals surface area contributed by atoms with Gasteiger partial charge in [-0.05, 0) is 52.7 Å². The molecule has 0 fully saturated rings. The Balaban J connectivity index is 2.03. The van der Waals surface area contributed by atoms with E-state index in [0.29, 0.717) is 15.6 Å². The highest BCUT2D eigenvalue weighted by Gasteiger charge is 2.14. The molecular formula is C15H13BrCl2N2O. The number of aromatic nitrogens is 1. The molecule has 0 bridgehead atoms. The zero-order chi connectivity index (χ0) is 15.4. The third-order valence-corrected chi connectivity index (χ3v) is 4.15. The summed E-state index contributed by atoms with van der Waals surface area (Å²) in [4.78, 5) is 16.4. The van der Waals surface area contributed by atoms with E-state index in [9.17, 15) is 4.79 Å². The van der Waals surface area contributed by atoms with Gasteiger partial charge in [0.15, 0.2) is 0 Å². The van der Waals surface area contributed by atoms with Crippen molar-refractivity contribution in [3.8, 4) is 0 Å². The summed E-state index contributed by atoms with van der Waals surface area (Å²) in [6, 6.07) is 8.74. The summed E-state index contributed by atoms with van der Waals surface area (Å²) in [5.41, 5.74) is 1.42. The minimum absolute atomic E-state index is 0.138. The summed E-state index contributed by atoms with van der Waals surface area (Å²) < 4.78 is 0.896. The number of nitrogens with zero attached hydrogens (tertiary/aromatic N) is 1. The summed E-state index contributed by atoms with van der Waals surface area (Å²) in [7, 11) is 0. The number of benzene rings is 1. The van der Waals surface area contributed by atoms with Crippen molar-refractivity contribution in [1.82, 2.24) is 10.3 Å². The molecule has 0 aliphatic heterocycles. The molecule has 1 amide bonds. The summed E-state index contributed by atoms with van der Waals surface area (Å²) >= 11 is 15.5. The smallest absolute Gasteiger partial charge is 0.225 e. The fraction of sp³-hybridized carbons (Fsp3) is 0.200. The van der Waals surface area contributed by atoms with Gasteiger partial charge in [0.05, 0.1) is 18.2 Å². The molecule has 0 spiro atoms. The molecule has 1 heterocycles. The number of nitrogens with one attached hydrogen (secondary N) is 1. The lowest BCUT2D eigenvalue weighted by atomic mass is 10.1. The van der Waals surface area contributed by atoms with Crippen LogP contribution < -0.4 is 5.32 Å². The van der Waals surface area contributed by atoms with E-state index in [1.165, 1.54) is 0 Å². The van der Waals surface area contributed by atoms with Crippen molar-refractivity contribution in [2.24, 2.45) is 0 Å². The molecule has 3 nitrogen and oxygen atoms in total. The van der Waals surface area contributed by atoms with Crippen molar-refractivity contribution in [3.05, 3.63) is 62.3 Å². The fourth-order valence-corrected chi connectivity index (χ4v) is 2.64. The second-order valence-corrected chi connectivity index (χ2v) is 6.30. The van der Waals surface area contributed by atoms with Crippen LogP contribution in [0, 0.1) is 0 Å². The second kappa shape index (κ2) is 7.25. The van der Waals surface area contributed by atoms with Crippen molar-refractivity contribution >= 4 is 45.0 Å². The Labute approximate surface area is 141 Å². The van der Waals surface area contributed by atoms with Gasteiger partial charge in [-0.2, -0.15) is 0 Å². The zero-order valence-electron chi connectivity index (χ0n) is 11.2. The molecule has 6 heteroatoms. The van der Waals surface area contributed by atoms with Crippen molar-refractivity contribution in [1.29, 1.82) is 0 Å². The van der Waals surface area contributed by atoms with Gasteiger partial charge in [-0.1, -0.05) is 29.3 Å². The highest BCUT2D eigenvalue weighted by Crippen LogP contribution is 2.25. The molecule has 1 aromatic heterocycles. The van der Waals surface area contributed by atoms with Crippen LogP contribution in [0.4, 0.5) is 0 Å². The Hall–Kier alpha value is -1.10.